The maximum absolute atomic E-state index is 12.7. The van der Waals surface area contributed by atoms with Gasteiger partial charge in [-0.25, -0.2) is 0 Å². The van der Waals surface area contributed by atoms with Crippen molar-refractivity contribution < 1.29 is 4.79 Å². The molecule has 4 heteroatoms. The molecule has 18 heavy (non-hydrogen) atoms. The Kier molecular flexibility index (Phi) is 3.97. The molecule has 1 aliphatic heterocycles. The van der Waals surface area contributed by atoms with Gasteiger partial charge in [0, 0.05) is 25.7 Å². The summed E-state index contributed by atoms with van der Waals surface area (Å²) in [5.41, 5.74) is 5.66. The van der Waals surface area contributed by atoms with E-state index >= 15 is 0 Å². The van der Waals surface area contributed by atoms with E-state index in [9.17, 15) is 4.79 Å². The van der Waals surface area contributed by atoms with Gasteiger partial charge >= 0.3 is 0 Å². The van der Waals surface area contributed by atoms with Crippen molar-refractivity contribution in [1.29, 1.82) is 0 Å². The van der Waals surface area contributed by atoms with Crippen LogP contribution in [-0.2, 0) is 4.79 Å². The first kappa shape index (κ1) is 13.8. The zero-order valence-electron chi connectivity index (χ0n) is 12.0. The minimum atomic E-state index is -0.228. The van der Waals surface area contributed by atoms with E-state index in [1.807, 2.05) is 0 Å². The van der Waals surface area contributed by atoms with Crippen molar-refractivity contribution in [3.8, 4) is 0 Å². The molecule has 1 saturated heterocycles. The highest BCUT2D eigenvalue weighted by molar-refractivity contribution is 5.84. The molecule has 1 unspecified atom stereocenters. The van der Waals surface area contributed by atoms with Gasteiger partial charge in [0.2, 0.25) is 5.91 Å². The van der Waals surface area contributed by atoms with E-state index < -0.39 is 0 Å². The number of hydrogen-bond donors (Lipinski definition) is 1. The van der Waals surface area contributed by atoms with Crippen molar-refractivity contribution in [1.82, 2.24) is 9.80 Å². The Morgan fingerprint density at radius 2 is 2.11 bits per heavy atom. The van der Waals surface area contributed by atoms with Crippen LogP contribution in [-0.4, -0.2) is 55.5 Å². The molecule has 0 aromatic heterocycles. The van der Waals surface area contributed by atoms with E-state index in [0.29, 0.717) is 24.4 Å². The van der Waals surface area contributed by atoms with Crippen LogP contribution in [0.15, 0.2) is 0 Å². The molecule has 1 heterocycles. The van der Waals surface area contributed by atoms with Crippen molar-refractivity contribution in [2.45, 2.75) is 38.6 Å². The Bertz CT molecular complexity index is 310. The van der Waals surface area contributed by atoms with Gasteiger partial charge in [0.1, 0.15) is 0 Å². The van der Waals surface area contributed by atoms with Crippen molar-refractivity contribution in [2.75, 3.05) is 33.7 Å². The van der Waals surface area contributed by atoms with E-state index in [-0.39, 0.29) is 5.41 Å². The lowest BCUT2D eigenvalue weighted by Gasteiger charge is -2.47. The molecule has 0 spiro atoms. The number of rotatable bonds is 4. The molecule has 1 amide bonds. The van der Waals surface area contributed by atoms with Gasteiger partial charge in [0.25, 0.3) is 0 Å². The second-order valence-electron chi connectivity index (χ2n) is 6.55. The number of likely N-dealkylation sites (tertiary alicyclic amines) is 1. The van der Waals surface area contributed by atoms with E-state index in [1.54, 1.807) is 0 Å². The van der Waals surface area contributed by atoms with Gasteiger partial charge in [-0.2, -0.15) is 0 Å². The van der Waals surface area contributed by atoms with Crippen LogP contribution in [0.3, 0.4) is 0 Å². The van der Waals surface area contributed by atoms with Crippen LogP contribution in [0.1, 0.15) is 32.6 Å². The van der Waals surface area contributed by atoms with Crippen LogP contribution in [0, 0.1) is 11.3 Å². The van der Waals surface area contributed by atoms with Gasteiger partial charge in [-0.15, -0.1) is 0 Å². The Balaban J connectivity index is 2.03. The van der Waals surface area contributed by atoms with Gasteiger partial charge in [-0.3, -0.25) is 4.79 Å². The fourth-order valence-corrected chi connectivity index (χ4v) is 3.72. The van der Waals surface area contributed by atoms with Crippen molar-refractivity contribution in [3.05, 3.63) is 0 Å². The third-order valence-electron chi connectivity index (χ3n) is 4.54. The topological polar surface area (TPSA) is 49.6 Å². The molecule has 4 nitrogen and oxygen atoms in total. The number of carbonyl (C=O) groups is 1. The predicted molar refractivity (Wildman–Crippen MR) is 73.2 cm³/mol. The summed E-state index contributed by atoms with van der Waals surface area (Å²) >= 11 is 0. The van der Waals surface area contributed by atoms with Gasteiger partial charge < -0.3 is 15.5 Å². The quantitative estimate of drug-likeness (QED) is 0.810. The maximum Gasteiger partial charge on any atom is 0.230 e. The van der Waals surface area contributed by atoms with E-state index in [2.05, 4.69) is 30.8 Å². The molecule has 0 aromatic carbocycles. The Morgan fingerprint density at radius 3 is 2.61 bits per heavy atom. The van der Waals surface area contributed by atoms with Crippen LogP contribution in [0.5, 0.6) is 0 Å². The Labute approximate surface area is 110 Å². The lowest BCUT2D eigenvalue weighted by atomic mass is 9.61. The number of nitrogens with zero attached hydrogens (tertiary/aromatic N) is 2. The third kappa shape index (κ3) is 2.41. The summed E-state index contributed by atoms with van der Waals surface area (Å²) in [4.78, 5) is 17.0. The second kappa shape index (κ2) is 5.17. The predicted octanol–water partition coefficient (Wildman–Crippen LogP) is 0.914. The van der Waals surface area contributed by atoms with Crippen LogP contribution >= 0.6 is 0 Å². The first-order chi connectivity index (χ1) is 8.48. The summed E-state index contributed by atoms with van der Waals surface area (Å²) < 4.78 is 0. The molecule has 1 aliphatic carbocycles. The highest BCUT2D eigenvalue weighted by atomic mass is 16.2. The average molecular weight is 253 g/mol. The van der Waals surface area contributed by atoms with Gasteiger partial charge in [0.15, 0.2) is 0 Å². The number of hydrogen-bond acceptors (Lipinski definition) is 3. The number of amides is 1. The van der Waals surface area contributed by atoms with Crippen LogP contribution in [0.25, 0.3) is 0 Å². The highest BCUT2D eigenvalue weighted by Crippen LogP contribution is 2.46. The normalized spacial score (nSPS) is 35.9. The minimum absolute atomic E-state index is 0.228. The second-order valence-corrected chi connectivity index (χ2v) is 6.55. The number of likely N-dealkylation sites (N-methyl/N-ethyl adjacent to an activating group) is 1. The van der Waals surface area contributed by atoms with Crippen LogP contribution in [0.2, 0.25) is 0 Å². The fraction of sp³-hybridized carbons (Fsp3) is 0.929. The molecule has 1 saturated carbocycles. The SMILES string of the molecule is CC1CC(CN)(C(=O)N2CCCC2CN(C)C)C1. The average Bonchev–Trinajstić information content (AvgIpc) is 2.70. The monoisotopic (exact) mass is 253 g/mol. The highest BCUT2D eigenvalue weighted by Gasteiger charge is 2.50. The summed E-state index contributed by atoms with van der Waals surface area (Å²) in [7, 11) is 4.15. The largest absolute Gasteiger partial charge is 0.338 e. The molecule has 0 radical (unpaired) electrons. The minimum Gasteiger partial charge on any atom is -0.338 e. The molecule has 0 aromatic rings. The zero-order valence-corrected chi connectivity index (χ0v) is 12.0. The van der Waals surface area contributed by atoms with E-state index in [1.165, 1.54) is 0 Å². The zero-order chi connectivity index (χ0) is 13.3. The molecule has 104 valence electrons. The molecule has 2 N–H and O–H groups in total. The molecule has 1 atom stereocenters. The van der Waals surface area contributed by atoms with E-state index in [0.717, 1.165) is 38.8 Å². The van der Waals surface area contributed by atoms with Crippen LogP contribution in [0.4, 0.5) is 0 Å². The number of nitrogens with two attached hydrogens (primary N) is 1. The molecule has 0 bridgehead atoms. The molecular weight excluding hydrogens is 226 g/mol. The lowest BCUT2D eigenvalue weighted by Crippen LogP contribution is -2.56. The summed E-state index contributed by atoms with van der Waals surface area (Å²) in [6, 6.07) is 0.395. The Hall–Kier alpha value is -0.610. The first-order valence-electron chi connectivity index (χ1n) is 7.14. The Morgan fingerprint density at radius 1 is 1.44 bits per heavy atom. The number of carbonyl (C=O) groups excluding carboxylic acids is 1. The summed E-state index contributed by atoms with van der Waals surface area (Å²) in [5, 5.41) is 0. The molecule has 2 fully saturated rings. The molecular formula is C14H27N3O. The summed E-state index contributed by atoms with van der Waals surface area (Å²) in [6.45, 7) is 4.62. The fourth-order valence-electron chi connectivity index (χ4n) is 3.72. The van der Waals surface area contributed by atoms with Crippen molar-refractivity contribution in [3.63, 3.8) is 0 Å². The van der Waals surface area contributed by atoms with E-state index in [4.69, 9.17) is 5.73 Å². The third-order valence-corrected chi connectivity index (χ3v) is 4.54. The van der Waals surface area contributed by atoms with Gasteiger partial charge in [-0.1, -0.05) is 6.92 Å². The van der Waals surface area contributed by atoms with Crippen molar-refractivity contribution >= 4 is 5.91 Å². The molecule has 2 rings (SSSR count). The van der Waals surface area contributed by atoms with Gasteiger partial charge in [-0.05, 0) is 45.7 Å². The summed E-state index contributed by atoms with van der Waals surface area (Å²) in [6.07, 6.45) is 4.24. The maximum atomic E-state index is 12.7. The summed E-state index contributed by atoms with van der Waals surface area (Å²) in [5.74, 6) is 0.986. The standard InChI is InChI=1S/C14H27N3O/c1-11-7-14(8-11,10-15)13(18)17-6-4-5-12(17)9-16(2)3/h11-12H,4-10,15H2,1-3H3. The van der Waals surface area contributed by atoms with Gasteiger partial charge in [0.05, 0.1) is 5.41 Å². The smallest absolute Gasteiger partial charge is 0.230 e. The first-order valence-corrected chi connectivity index (χ1v) is 7.14. The van der Waals surface area contributed by atoms with Crippen molar-refractivity contribution in [2.24, 2.45) is 17.1 Å². The van der Waals surface area contributed by atoms with Crippen LogP contribution < -0.4 is 5.73 Å². The lowest BCUT2D eigenvalue weighted by molar-refractivity contribution is -0.150. The molecule has 2 aliphatic rings.